The number of hydrogen-bond acceptors (Lipinski definition) is 4. The van der Waals surface area contributed by atoms with Crippen LogP contribution in [0.3, 0.4) is 0 Å². The molecule has 0 radical (unpaired) electrons. The van der Waals surface area contributed by atoms with Gasteiger partial charge < -0.3 is 0 Å². The van der Waals surface area contributed by atoms with Crippen LogP contribution in [0.25, 0.3) is 10.9 Å². The third kappa shape index (κ3) is 4.69. The van der Waals surface area contributed by atoms with Gasteiger partial charge in [-0.05, 0) is 67.9 Å². The molecule has 3 aromatic rings. The van der Waals surface area contributed by atoms with E-state index < -0.39 is 0 Å². The average Bonchev–Trinajstić information content (AvgIpc) is 2.73. The van der Waals surface area contributed by atoms with E-state index in [1.807, 2.05) is 30.6 Å². The van der Waals surface area contributed by atoms with Crippen molar-refractivity contribution in [3.8, 4) is 0 Å². The summed E-state index contributed by atoms with van der Waals surface area (Å²) in [6.45, 7) is 7.46. The van der Waals surface area contributed by atoms with E-state index in [1.165, 1.54) is 18.4 Å². The molecule has 1 aliphatic rings. The van der Waals surface area contributed by atoms with Gasteiger partial charge in [-0.1, -0.05) is 24.6 Å². The maximum atomic E-state index is 6.09. The number of piperidine rings is 1. The molecule has 1 unspecified atom stereocenters. The summed E-state index contributed by atoms with van der Waals surface area (Å²) in [7, 11) is 0. The predicted octanol–water partition coefficient (Wildman–Crippen LogP) is 4.77. The van der Waals surface area contributed by atoms with Crippen LogP contribution in [-0.2, 0) is 13.1 Å². The summed E-state index contributed by atoms with van der Waals surface area (Å²) in [6, 6.07) is 15.0. The van der Waals surface area contributed by atoms with Crippen molar-refractivity contribution in [2.75, 3.05) is 19.6 Å². The molecule has 28 heavy (non-hydrogen) atoms. The summed E-state index contributed by atoms with van der Waals surface area (Å²) < 4.78 is 0. The Morgan fingerprint density at radius 2 is 2.00 bits per heavy atom. The van der Waals surface area contributed by atoms with Crippen molar-refractivity contribution in [3.63, 3.8) is 0 Å². The molecule has 0 aliphatic carbocycles. The lowest BCUT2D eigenvalue weighted by Crippen LogP contribution is -2.47. The Labute approximate surface area is 172 Å². The van der Waals surface area contributed by atoms with E-state index in [2.05, 4.69) is 46.0 Å². The van der Waals surface area contributed by atoms with E-state index in [1.54, 1.807) is 0 Å². The van der Waals surface area contributed by atoms with Crippen LogP contribution in [0.5, 0.6) is 0 Å². The van der Waals surface area contributed by atoms with Crippen LogP contribution in [-0.4, -0.2) is 45.4 Å². The van der Waals surface area contributed by atoms with Crippen LogP contribution in [0, 0.1) is 0 Å². The fourth-order valence-corrected chi connectivity index (χ4v) is 4.33. The standard InChI is InChI=1S/C23H27ClN4/c1-2-28(15-18-9-11-25-12-10-18)22-4-3-13-27(17-22)16-21-7-5-19-14-20(24)6-8-23(19)26-21/h5-12,14,22H,2-4,13,15-17H2,1H3. The monoisotopic (exact) mass is 394 g/mol. The van der Waals surface area contributed by atoms with Gasteiger partial charge in [0.2, 0.25) is 0 Å². The SMILES string of the molecule is CCN(Cc1ccncc1)C1CCCN(Cc2ccc3cc(Cl)ccc3n2)C1. The van der Waals surface area contributed by atoms with Crippen molar-refractivity contribution in [1.82, 2.24) is 19.8 Å². The van der Waals surface area contributed by atoms with Crippen LogP contribution >= 0.6 is 11.6 Å². The van der Waals surface area contributed by atoms with Gasteiger partial charge in [0, 0.05) is 48.5 Å². The number of aromatic nitrogens is 2. The van der Waals surface area contributed by atoms with Crippen molar-refractivity contribution in [1.29, 1.82) is 0 Å². The molecular weight excluding hydrogens is 368 g/mol. The summed E-state index contributed by atoms with van der Waals surface area (Å²) in [5, 5.41) is 1.86. The summed E-state index contributed by atoms with van der Waals surface area (Å²) in [5.74, 6) is 0. The first-order valence-corrected chi connectivity index (χ1v) is 10.5. The van der Waals surface area contributed by atoms with Crippen molar-refractivity contribution in [2.45, 2.75) is 38.9 Å². The van der Waals surface area contributed by atoms with Crippen LogP contribution in [0.15, 0.2) is 54.9 Å². The number of hydrogen-bond donors (Lipinski definition) is 0. The molecule has 2 aromatic heterocycles. The zero-order valence-corrected chi connectivity index (χ0v) is 17.1. The van der Waals surface area contributed by atoms with E-state index in [0.29, 0.717) is 6.04 Å². The first kappa shape index (κ1) is 19.3. The Kier molecular flexibility index (Phi) is 6.20. The number of halogens is 1. The number of likely N-dealkylation sites (N-methyl/N-ethyl adjacent to an activating group) is 1. The average molecular weight is 395 g/mol. The molecule has 146 valence electrons. The first-order valence-electron chi connectivity index (χ1n) is 10.1. The Morgan fingerprint density at radius 3 is 2.82 bits per heavy atom. The van der Waals surface area contributed by atoms with Crippen molar-refractivity contribution in [3.05, 3.63) is 71.1 Å². The number of likely N-dealkylation sites (tertiary alicyclic amines) is 1. The molecule has 1 fully saturated rings. The van der Waals surface area contributed by atoms with Crippen LogP contribution in [0.1, 0.15) is 31.0 Å². The van der Waals surface area contributed by atoms with Crippen molar-refractivity contribution >= 4 is 22.5 Å². The second-order valence-electron chi connectivity index (χ2n) is 7.59. The molecule has 5 heteroatoms. The largest absolute Gasteiger partial charge is 0.296 e. The number of pyridine rings is 2. The van der Waals surface area contributed by atoms with Gasteiger partial charge in [0.25, 0.3) is 0 Å². The second kappa shape index (κ2) is 8.99. The second-order valence-corrected chi connectivity index (χ2v) is 8.03. The first-order chi connectivity index (χ1) is 13.7. The normalized spacial score (nSPS) is 18.0. The van der Waals surface area contributed by atoms with E-state index in [9.17, 15) is 0 Å². The predicted molar refractivity (Wildman–Crippen MR) is 115 cm³/mol. The lowest BCUT2D eigenvalue weighted by atomic mass is 10.0. The fraction of sp³-hybridized carbons (Fsp3) is 0.391. The minimum atomic E-state index is 0.589. The van der Waals surface area contributed by atoms with Crippen LogP contribution in [0.4, 0.5) is 0 Å². The van der Waals surface area contributed by atoms with Gasteiger partial charge in [-0.3, -0.25) is 19.8 Å². The third-order valence-corrected chi connectivity index (χ3v) is 5.87. The highest BCUT2D eigenvalue weighted by atomic mass is 35.5. The molecule has 4 nitrogen and oxygen atoms in total. The van der Waals surface area contributed by atoms with E-state index in [4.69, 9.17) is 16.6 Å². The van der Waals surface area contributed by atoms with Crippen molar-refractivity contribution < 1.29 is 0 Å². The number of nitrogens with zero attached hydrogens (tertiary/aromatic N) is 4. The lowest BCUT2D eigenvalue weighted by molar-refractivity contribution is 0.0911. The summed E-state index contributed by atoms with van der Waals surface area (Å²) in [5.41, 5.74) is 3.49. The topological polar surface area (TPSA) is 32.3 Å². The highest BCUT2D eigenvalue weighted by molar-refractivity contribution is 6.31. The molecule has 0 saturated carbocycles. The molecule has 3 heterocycles. The van der Waals surface area contributed by atoms with Gasteiger partial charge in [0.05, 0.1) is 11.2 Å². The summed E-state index contributed by atoms with van der Waals surface area (Å²) in [6.07, 6.45) is 6.27. The smallest absolute Gasteiger partial charge is 0.0706 e. The zero-order valence-electron chi connectivity index (χ0n) is 16.4. The highest BCUT2D eigenvalue weighted by Crippen LogP contribution is 2.22. The van der Waals surface area contributed by atoms with Gasteiger partial charge in [-0.2, -0.15) is 0 Å². The molecule has 1 aliphatic heterocycles. The summed E-state index contributed by atoms with van der Waals surface area (Å²) >= 11 is 6.09. The quantitative estimate of drug-likeness (QED) is 0.602. The molecule has 1 atom stereocenters. The Morgan fingerprint density at radius 1 is 1.14 bits per heavy atom. The third-order valence-electron chi connectivity index (χ3n) is 5.63. The molecule has 4 rings (SSSR count). The van der Waals surface area contributed by atoms with Gasteiger partial charge in [0.15, 0.2) is 0 Å². The molecule has 0 amide bonds. The van der Waals surface area contributed by atoms with Gasteiger partial charge in [0.1, 0.15) is 0 Å². The summed E-state index contributed by atoms with van der Waals surface area (Å²) in [4.78, 5) is 14.1. The number of benzene rings is 1. The fourth-order valence-electron chi connectivity index (χ4n) is 4.15. The highest BCUT2D eigenvalue weighted by Gasteiger charge is 2.24. The maximum absolute atomic E-state index is 6.09. The van der Waals surface area contributed by atoms with Gasteiger partial charge in [-0.25, -0.2) is 0 Å². The van der Waals surface area contributed by atoms with Gasteiger partial charge >= 0.3 is 0 Å². The van der Waals surface area contributed by atoms with Crippen LogP contribution < -0.4 is 0 Å². The molecular formula is C23H27ClN4. The Bertz CT molecular complexity index is 915. The van der Waals surface area contributed by atoms with Gasteiger partial charge in [-0.15, -0.1) is 0 Å². The molecule has 1 aromatic carbocycles. The number of rotatable bonds is 6. The Balaban J connectivity index is 1.42. The molecule has 0 bridgehead atoms. The number of fused-ring (bicyclic) bond motifs is 1. The van der Waals surface area contributed by atoms with Crippen molar-refractivity contribution in [2.24, 2.45) is 0 Å². The van der Waals surface area contributed by atoms with E-state index >= 15 is 0 Å². The van der Waals surface area contributed by atoms with E-state index in [-0.39, 0.29) is 0 Å². The maximum Gasteiger partial charge on any atom is 0.0706 e. The minimum Gasteiger partial charge on any atom is -0.296 e. The lowest BCUT2D eigenvalue weighted by Gasteiger charge is -2.39. The molecule has 0 N–H and O–H groups in total. The van der Waals surface area contributed by atoms with Crippen LogP contribution in [0.2, 0.25) is 5.02 Å². The molecule has 1 saturated heterocycles. The molecule has 0 spiro atoms. The van der Waals surface area contributed by atoms with E-state index in [0.717, 1.165) is 54.3 Å². The Hall–Kier alpha value is -2.01. The zero-order chi connectivity index (χ0) is 19.3. The minimum absolute atomic E-state index is 0.589.